The predicted octanol–water partition coefficient (Wildman–Crippen LogP) is 4.23. The van der Waals surface area contributed by atoms with Gasteiger partial charge in [0.05, 0.1) is 19.3 Å². The maximum atomic E-state index is 5.16. The van der Waals surface area contributed by atoms with Crippen molar-refractivity contribution in [1.82, 2.24) is 15.0 Å². The predicted molar refractivity (Wildman–Crippen MR) is 92.2 cm³/mol. The minimum atomic E-state index is 0.127. The third kappa shape index (κ3) is 3.66. The van der Waals surface area contributed by atoms with Crippen LogP contribution in [0.5, 0.6) is 5.75 Å². The number of hydrogen-bond acceptors (Lipinski definition) is 3. The number of ether oxygens (including phenoxy) is 1. The summed E-state index contributed by atoms with van der Waals surface area (Å²) >= 11 is 0. The molecular formula is C19H19N3O. The molecule has 1 atom stereocenters. The molecule has 3 aromatic rings. The summed E-state index contributed by atoms with van der Waals surface area (Å²) in [4.78, 5) is 0. The average molecular weight is 305 g/mol. The molecule has 0 bridgehead atoms. The van der Waals surface area contributed by atoms with Gasteiger partial charge in [0.25, 0.3) is 0 Å². The summed E-state index contributed by atoms with van der Waals surface area (Å²) in [5.41, 5.74) is 3.08. The minimum absolute atomic E-state index is 0.127. The fourth-order valence-electron chi connectivity index (χ4n) is 2.27. The second-order valence-electron chi connectivity index (χ2n) is 5.32. The van der Waals surface area contributed by atoms with Crippen LogP contribution in [0.4, 0.5) is 0 Å². The summed E-state index contributed by atoms with van der Waals surface area (Å²) in [5.74, 6) is 0.860. The molecule has 0 aliphatic rings. The summed E-state index contributed by atoms with van der Waals surface area (Å²) < 4.78 is 7.03. The van der Waals surface area contributed by atoms with Crippen molar-refractivity contribution >= 4 is 6.08 Å². The van der Waals surface area contributed by atoms with Crippen LogP contribution in [0.15, 0.2) is 66.9 Å². The second kappa shape index (κ2) is 6.92. The van der Waals surface area contributed by atoms with Gasteiger partial charge < -0.3 is 4.74 Å². The lowest BCUT2D eigenvalue weighted by Crippen LogP contribution is -2.02. The van der Waals surface area contributed by atoms with Gasteiger partial charge in [0.15, 0.2) is 0 Å². The SMILES string of the molecule is COc1ccc(/C=C/C(C)n2cc(-c3ccccc3)nn2)cc1. The smallest absolute Gasteiger partial charge is 0.118 e. The molecule has 3 rings (SSSR count). The van der Waals surface area contributed by atoms with Gasteiger partial charge in [-0.15, -0.1) is 5.10 Å². The fraction of sp³-hybridized carbons (Fsp3) is 0.158. The Balaban J connectivity index is 1.71. The first-order valence-electron chi connectivity index (χ1n) is 7.56. The van der Waals surface area contributed by atoms with Crippen LogP contribution in [0.25, 0.3) is 17.3 Å². The number of aromatic nitrogens is 3. The minimum Gasteiger partial charge on any atom is -0.497 e. The number of hydrogen-bond donors (Lipinski definition) is 0. The molecule has 4 nitrogen and oxygen atoms in total. The quantitative estimate of drug-likeness (QED) is 0.708. The van der Waals surface area contributed by atoms with Crippen molar-refractivity contribution in [1.29, 1.82) is 0 Å². The normalized spacial score (nSPS) is 12.4. The van der Waals surface area contributed by atoms with Gasteiger partial charge >= 0.3 is 0 Å². The molecule has 116 valence electrons. The molecule has 1 heterocycles. The number of rotatable bonds is 5. The Kier molecular flexibility index (Phi) is 4.52. The molecule has 2 aromatic carbocycles. The standard InChI is InChI=1S/C19H19N3O/c1-15(8-9-16-10-12-18(23-2)13-11-16)22-14-19(20-21-22)17-6-4-3-5-7-17/h3-15H,1-2H3/b9-8+. The molecule has 0 N–H and O–H groups in total. The van der Waals surface area contributed by atoms with E-state index in [1.807, 2.05) is 65.5 Å². The molecule has 1 aromatic heterocycles. The third-order valence-electron chi connectivity index (χ3n) is 3.68. The van der Waals surface area contributed by atoms with Gasteiger partial charge in [0.1, 0.15) is 11.4 Å². The zero-order valence-electron chi connectivity index (χ0n) is 13.3. The van der Waals surface area contributed by atoms with Crippen molar-refractivity contribution < 1.29 is 4.74 Å². The van der Waals surface area contributed by atoms with Crippen molar-refractivity contribution in [2.45, 2.75) is 13.0 Å². The molecule has 0 fully saturated rings. The second-order valence-corrected chi connectivity index (χ2v) is 5.32. The van der Waals surface area contributed by atoms with E-state index in [0.29, 0.717) is 0 Å². The topological polar surface area (TPSA) is 39.9 Å². The van der Waals surface area contributed by atoms with E-state index >= 15 is 0 Å². The molecule has 0 radical (unpaired) electrons. The number of nitrogens with zero attached hydrogens (tertiary/aromatic N) is 3. The Bertz CT molecular complexity index is 776. The lowest BCUT2D eigenvalue weighted by molar-refractivity contribution is 0.415. The fourth-order valence-corrected chi connectivity index (χ4v) is 2.27. The van der Waals surface area contributed by atoms with E-state index in [2.05, 4.69) is 29.4 Å². The zero-order valence-corrected chi connectivity index (χ0v) is 13.3. The van der Waals surface area contributed by atoms with E-state index in [1.165, 1.54) is 0 Å². The first-order chi connectivity index (χ1) is 11.3. The molecule has 0 saturated carbocycles. The number of allylic oxidation sites excluding steroid dienone is 1. The van der Waals surface area contributed by atoms with Crippen molar-refractivity contribution in [3.63, 3.8) is 0 Å². The first kappa shape index (κ1) is 15.0. The molecule has 0 spiro atoms. The molecule has 1 unspecified atom stereocenters. The number of methoxy groups -OCH3 is 1. The van der Waals surface area contributed by atoms with Gasteiger partial charge in [-0.25, -0.2) is 4.68 Å². The Labute approximate surface area is 136 Å². The van der Waals surface area contributed by atoms with Gasteiger partial charge in [0.2, 0.25) is 0 Å². The van der Waals surface area contributed by atoms with Gasteiger partial charge in [-0.1, -0.05) is 59.8 Å². The maximum absolute atomic E-state index is 5.16. The summed E-state index contributed by atoms with van der Waals surface area (Å²) in [7, 11) is 1.67. The first-order valence-corrected chi connectivity index (χ1v) is 7.56. The maximum Gasteiger partial charge on any atom is 0.118 e. The molecule has 4 heteroatoms. The summed E-state index contributed by atoms with van der Waals surface area (Å²) in [6.45, 7) is 2.09. The van der Waals surface area contributed by atoms with E-state index in [9.17, 15) is 0 Å². The van der Waals surface area contributed by atoms with Crippen molar-refractivity contribution in [3.8, 4) is 17.0 Å². The highest BCUT2D eigenvalue weighted by molar-refractivity contribution is 5.57. The monoisotopic (exact) mass is 305 g/mol. The Morgan fingerprint density at radius 3 is 2.48 bits per heavy atom. The molecular weight excluding hydrogens is 286 g/mol. The third-order valence-corrected chi connectivity index (χ3v) is 3.68. The van der Waals surface area contributed by atoms with Gasteiger partial charge in [-0.05, 0) is 24.6 Å². The van der Waals surface area contributed by atoms with Crippen molar-refractivity contribution in [2.75, 3.05) is 7.11 Å². The van der Waals surface area contributed by atoms with E-state index in [-0.39, 0.29) is 6.04 Å². The number of benzene rings is 2. The van der Waals surface area contributed by atoms with Gasteiger partial charge in [-0.2, -0.15) is 0 Å². The molecule has 0 aliphatic carbocycles. The van der Waals surface area contributed by atoms with E-state index in [4.69, 9.17) is 4.74 Å². The molecule has 0 amide bonds. The lowest BCUT2D eigenvalue weighted by atomic mass is 10.1. The van der Waals surface area contributed by atoms with Crippen LogP contribution in [0, 0.1) is 0 Å². The van der Waals surface area contributed by atoms with E-state index in [0.717, 1.165) is 22.6 Å². The summed E-state index contributed by atoms with van der Waals surface area (Å²) in [5, 5.41) is 8.48. The van der Waals surface area contributed by atoms with Crippen LogP contribution in [0.3, 0.4) is 0 Å². The van der Waals surface area contributed by atoms with Crippen LogP contribution in [0.1, 0.15) is 18.5 Å². The Morgan fingerprint density at radius 2 is 1.78 bits per heavy atom. The van der Waals surface area contributed by atoms with E-state index in [1.54, 1.807) is 7.11 Å². The molecule has 23 heavy (non-hydrogen) atoms. The van der Waals surface area contributed by atoms with Crippen molar-refractivity contribution in [2.24, 2.45) is 0 Å². The highest BCUT2D eigenvalue weighted by atomic mass is 16.5. The lowest BCUT2D eigenvalue weighted by Gasteiger charge is -2.05. The van der Waals surface area contributed by atoms with Crippen LogP contribution in [-0.2, 0) is 0 Å². The molecule has 0 saturated heterocycles. The molecule has 0 aliphatic heterocycles. The summed E-state index contributed by atoms with van der Waals surface area (Å²) in [6, 6.07) is 18.1. The average Bonchev–Trinajstić information content (AvgIpc) is 3.11. The zero-order chi connectivity index (χ0) is 16.1. The van der Waals surface area contributed by atoms with Gasteiger partial charge in [-0.3, -0.25) is 0 Å². The van der Waals surface area contributed by atoms with Crippen LogP contribution in [-0.4, -0.2) is 22.1 Å². The van der Waals surface area contributed by atoms with Gasteiger partial charge in [0, 0.05) is 5.56 Å². The summed E-state index contributed by atoms with van der Waals surface area (Å²) in [6.07, 6.45) is 6.15. The largest absolute Gasteiger partial charge is 0.497 e. The van der Waals surface area contributed by atoms with Crippen LogP contribution >= 0.6 is 0 Å². The van der Waals surface area contributed by atoms with Crippen LogP contribution in [0.2, 0.25) is 0 Å². The highest BCUT2D eigenvalue weighted by Crippen LogP contribution is 2.18. The highest BCUT2D eigenvalue weighted by Gasteiger charge is 2.06. The Hall–Kier alpha value is -2.88. The Morgan fingerprint density at radius 1 is 1.04 bits per heavy atom. The van der Waals surface area contributed by atoms with Crippen molar-refractivity contribution in [3.05, 3.63) is 72.4 Å². The van der Waals surface area contributed by atoms with E-state index < -0.39 is 0 Å². The van der Waals surface area contributed by atoms with Crippen LogP contribution < -0.4 is 4.74 Å².